The average molecular weight is 420 g/mol. The fourth-order valence-electron chi connectivity index (χ4n) is 3.03. The van der Waals surface area contributed by atoms with Crippen LogP contribution in [0.1, 0.15) is 33.6 Å². The van der Waals surface area contributed by atoms with Gasteiger partial charge in [-0.3, -0.25) is 4.79 Å². The zero-order valence-electron chi connectivity index (χ0n) is 15.0. The van der Waals surface area contributed by atoms with E-state index < -0.39 is 15.2 Å². The number of ether oxygens (including phenoxy) is 1. The van der Waals surface area contributed by atoms with Crippen LogP contribution in [0.4, 0.5) is 0 Å². The number of ketones is 1. The first-order valence-electron chi connectivity index (χ1n) is 8.05. The second-order valence-corrected chi connectivity index (χ2v) is 9.81. The number of carbonyl (C=O) groups excluding carboxylic acids is 2. The molecule has 7 heteroatoms. The summed E-state index contributed by atoms with van der Waals surface area (Å²) in [4.78, 5) is 25.0. The highest BCUT2D eigenvalue weighted by Gasteiger charge is 2.42. The summed E-state index contributed by atoms with van der Waals surface area (Å²) >= 11 is 18.0. The van der Waals surface area contributed by atoms with E-state index in [1.54, 1.807) is 31.2 Å². The Labute approximate surface area is 168 Å². The maximum Gasteiger partial charge on any atom is 0.339 e. The van der Waals surface area contributed by atoms with E-state index in [-0.39, 0.29) is 34.5 Å². The minimum absolute atomic E-state index is 0.00189. The number of Topliss-reactive ketones (excluding diaryl/α,β-unsaturated/α-hetero) is 1. The highest BCUT2D eigenvalue weighted by Crippen LogP contribution is 2.49. The first-order chi connectivity index (χ1) is 11.8. The third-order valence-electron chi connectivity index (χ3n) is 4.61. The normalized spacial score (nSPS) is 25.5. The maximum atomic E-state index is 12.6. The Morgan fingerprint density at radius 3 is 2.12 bits per heavy atom. The van der Waals surface area contributed by atoms with E-state index in [1.165, 1.54) is 7.11 Å². The molecule has 1 N–H and O–H groups in total. The lowest BCUT2D eigenvalue weighted by atomic mass is 9.74. The van der Waals surface area contributed by atoms with Gasteiger partial charge in [0.25, 0.3) is 0 Å². The van der Waals surface area contributed by atoms with Gasteiger partial charge in [-0.25, -0.2) is 4.79 Å². The van der Waals surface area contributed by atoms with Gasteiger partial charge >= 0.3 is 5.97 Å². The van der Waals surface area contributed by atoms with Crippen LogP contribution in [0.25, 0.3) is 0 Å². The van der Waals surface area contributed by atoms with Crippen LogP contribution in [0.5, 0.6) is 0 Å². The predicted molar refractivity (Wildman–Crippen MR) is 103 cm³/mol. The van der Waals surface area contributed by atoms with Crippen molar-refractivity contribution >= 4 is 46.6 Å². The van der Waals surface area contributed by atoms with Crippen LogP contribution in [0.3, 0.4) is 0 Å². The van der Waals surface area contributed by atoms with Crippen molar-refractivity contribution in [1.29, 1.82) is 0 Å². The van der Waals surface area contributed by atoms with E-state index in [0.29, 0.717) is 12.0 Å². The van der Waals surface area contributed by atoms with Crippen molar-refractivity contribution in [3.63, 3.8) is 0 Å². The topological polar surface area (TPSA) is 63.6 Å². The largest absolute Gasteiger partial charge is 0.512 e. The van der Waals surface area contributed by atoms with Crippen molar-refractivity contribution in [2.75, 3.05) is 7.11 Å². The Morgan fingerprint density at radius 2 is 1.69 bits per heavy atom. The van der Waals surface area contributed by atoms with E-state index in [0.717, 1.165) is 0 Å². The molecule has 0 atom stereocenters. The van der Waals surface area contributed by atoms with Gasteiger partial charge in [0.2, 0.25) is 3.79 Å². The fourth-order valence-corrected chi connectivity index (χ4v) is 3.41. The molecular weight excluding hydrogens is 399 g/mol. The van der Waals surface area contributed by atoms with Gasteiger partial charge in [-0.1, -0.05) is 73.0 Å². The van der Waals surface area contributed by atoms with Crippen molar-refractivity contribution in [2.24, 2.45) is 10.8 Å². The van der Waals surface area contributed by atoms with Crippen molar-refractivity contribution in [1.82, 2.24) is 0 Å². The molecule has 142 valence electrons. The molecule has 2 rings (SSSR count). The van der Waals surface area contributed by atoms with Crippen LogP contribution < -0.4 is 0 Å². The van der Waals surface area contributed by atoms with Gasteiger partial charge in [-0.15, -0.1) is 0 Å². The molecule has 0 bridgehead atoms. The van der Waals surface area contributed by atoms with Gasteiger partial charge in [0.05, 0.1) is 23.7 Å². The molecule has 0 saturated heterocycles. The molecular formula is C19H21Cl3O4. The maximum absolute atomic E-state index is 12.6. The monoisotopic (exact) mass is 418 g/mol. The van der Waals surface area contributed by atoms with Crippen LogP contribution in [0.2, 0.25) is 0 Å². The number of aliphatic hydroxyl groups is 1. The van der Waals surface area contributed by atoms with Crippen LogP contribution >= 0.6 is 34.8 Å². The van der Waals surface area contributed by atoms with Gasteiger partial charge in [0.15, 0.2) is 5.78 Å². The number of hydrogen-bond donors (Lipinski definition) is 1. The molecule has 0 aromatic carbocycles. The standard InChI is InChI=1S/C19H21Cl3O4/c1-17(2)9-12(23)15(13(24)10-17)14(16(25)26-4)11-5-7-18(3,8-6-11)19(20,21)22/h5-8,23H,9-10H2,1-4H3. The Hall–Kier alpha value is -1.23. The van der Waals surface area contributed by atoms with Gasteiger partial charge in [0, 0.05) is 12.8 Å². The van der Waals surface area contributed by atoms with Crippen LogP contribution in [0.15, 0.2) is 46.8 Å². The summed E-state index contributed by atoms with van der Waals surface area (Å²) in [5.74, 6) is -1.12. The minimum Gasteiger partial charge on any atom is -0.512 e. The average Bonchev–Trinajstić information content (AvgIpc) is 2.49. The lowest BCUT2D eigenvalue weighted by molar-refractivity contribution is -0.136. The van der Waals surface area contributed by atoms with E-state index in [4.69, 9.17) is 39.5 Å². The van der Waals surface area contributed by atoms with Crippen molar-refractivity contribution in [2.45, 2.75) is 37.4 Å². The van der Waals surface area contributed by atoms with Gasteiger partial charge in [-0.2, -0.15) is 0 Å². The molecule has 26 heavy (non-hydrogen) atoms. The molecule has 0 fully saturated rings. The highest BCUT2D eigenvalue weighted by atomic mass is 35.6. The molecule has 0 unspecified atom stereocenters. The number of rotatable bonds is 2. The summed E-state index contributed by atoms with van der Waals surface area (Å²) in [6.45, 7) is 5.50. The first kappa shape index (κ1) is 21.1. The summed E-state index contributed by atoms with van der Waals surface area (Å²) in [7, 11) is 1.22. The molecule has 0 aliphatic heterocycles. The number of alkyl halides is 3. The molecule has 0 radical (unpaired) electrons. The first-order valence-corrected chi connectivity index (χ1v) is 9.18. The van der Waals surface area contributed by atoms with Crippen LogP contribution in [0, 0.1) is 10.8 Å². The minimum atomic E-state index is -1.58. The number of allylic oxidation sites excluding steroid dienone is 6. The third kappa shape index (κ3) is 4.03. The van der Waals surface area contributed by atoms with Gasteiger partial charge in [-0.05, 0) is 17.9 Å². The Morgan fingerprint density at radius 1 is 1.15 bits per heavy atom. The summed E-state index contributed by atoms with van der Waals surface area (Å²) < 4.78 is 3.27. The van der Waals surface area contributed by atoms with Crippen LogP contribution in [-0.2, 0) is 14.3 Å². The molecule has 0 aromatic rings. The van der Waals surface area contributed by atoms with Crippen molar-refractivity contribution in [3.05, 3.63) is 46.8 Å². The molecule has 0 aromatic heterocycles. The van der Waals surface area contributed by atoms with Crippen molar-refractivity contribution < 1.29 is 19.4 Å². The van der Waals surface area contributed by atoms with Crippen LogP contribution in [-0.4, -0.2) is 27.8 Å². The number of halogens is 3. The molecule has 2 aliphatic rings. The molecule has 0 heterocycles. The van der Waals surface area contributed by atoms with Gasteiger partial charge in [0.1, 0.15) is 5.76 Å². The van der Waals surface area contributed by atoms with E-state index in [9.17, 15) is 14.7 Å². The molecule has 0 amide bonds. The summed E-state index contributed by atoms with van der Waals surface area (Å²) in [6, 6.07) is 0. The zero-order chi connectivity index (χ0) is 19.9. The summed E-state index contributed by atoms with van der Waals surface area (Å²) in [5, 5.41) is 10.5. The lowest BCUT2D eigenvalue weighted by Gasteiger charge is -2.33. The molecule has 4 nitrogen and oxygen atoms in total. The second-order valence-electron chi connectivity index (χ2n) is 7.53. The second kappa shape index (κ2) is 7.06. The van der Waals surface area contributed by atoms with Gasteiger partial charge < -0.3 is 9.84 Å². The molecule has 0 spiro atoms. The zero-order valence-corrected chi connectivity index (χ0v) is 17.3. The van der Waals surface area contributed by atoms with Crippen molar-refractivity contribution in [3.8, 4) is 0 Å². The lowest BCUT2D eigenvalue weighted by Crippen LogP contribution is -2.30. The third-order valence-corrected chi connectivity index (χ3v) is 5.83. The predicted octanol–water partition coefficient (Wildman–Crippen LogP) is 5.16. The number of aliphatic hydroxyl groups excluding tert-OH is 1. The fraction of sp³-hybridized carbons (Fsp3) is 0.474. The van der Waals surface area contributed by atoms with E-state index >= 15 is 0 Å². The number of hydrogen-bond acceptors (Lipinski definition) is 4. The SMILES string of the molecule is COC(=O)C(=C1C=CC(C)(C(Cl)(Cl)Cl)C=C1)C1=C(O)CC(C)(C)CC1=O. The summed E-state index contributed by atoms with van der Waals surface area (Å²) in [6.07, 6.45) is 7.00. The summed E-state index contributed by atoms with van der Waals surface area (Å²) in [5.41, 5.74) is -0.819. The highest BCUT2D eigenvalue weighted by molar-refractivity contribution is 6.68. The smallest absolute Gasteiger partial charge is 0.339 e. The quantitative estimate of drug-likeness (QED) is 0.381. The number of carbonyl (C=O) groups is 2. The Bertz CT molecular complexity index is 748. The van der Waals surface area contributed by atoms with E-state index in [2.05, 4.69) is 0 Å². The van der Waals surface area contributed by atoms with E-state index in [1.807, 2.05) is 13.8 Å². The Balaban J connectivity index is 2.60. The molecule has 0 saturated carbocycles. The Kier molecular flexibility index (Phi) is 5.73. The number of esters is 1. The molecule has 2 aliphatic carbocycles. The number of methoxy groups -OCH3 is 1.